The molecule has 0 unspecified atom stereocenters. The highest BCUT2D eigenvalue weighted by Gasteiger charge is 2.12. The van der Waals surface area contributed by atoms with Crippen LogP contribution in [0.4, 0.5) is 11.4 Å². The third kappa shape index (κ3) is 3.86. The van der Waals surface area contributed by atoms with Gasteiger partial charge in [-0.05, 0) is 29.8 Å². The van der Waals surface area contributed by atoms with Gasteiger partial charge in [-0.2, -0.15) is 5.10 Å². The Kier molecular flexibility index (Phi) is 4.94. The van der Waals surface area contributed by atoms with Gasteiger partial charge in [-0.3, -0.25) is 14.9 Å². The van der Waals surface area contributed by atoms with Crippen molar-refractivity contribution in [2.45, 2.75) is 0 Å². The van der Waals surface area contributed by atoms with Crippen molar-refractivity contribution in [1.29, 1.82) is 0 Å². The summed E-state index contributed by atoms with van der Waals surface area (Å²) in [6.07, 6.45) is 1.56. The average Bonchev–Trinajstić information content (AvgIpc) is 3.05. The summed E-state index contributed by atoms with van der Waals surface area (Å²) in [6, 6.07) is 13.9. The Labute approximate surface area is 153 Å². The SMILES string of the molecule is CN(C)c1ccc(/C=N\NC(=O)c2cc3cc([N+](=O)[O-])ccc3s2)cc1. The highest BCUT2D eigenvalue weighted by molar-refractivity contribution is 7.20. The van der Waals surface area contributed by atoms with Crippen LogP contribution in [0, 0.1) is 10.1 Å². The van der Waals surface area contributed by atoms with Crippen molar-refractivity contribution in [3.05, 3.63) is 69.1 Å². The summed E-state index contributed by atoms with van der Waals surface area (Å²) < 4.78 is 0.809. The van der Waals surface area contributed by atoms with Gasteiger partial charge in [0.2, 0.25) is 0 Å². The van der Waals surface area contributed by atoms with Gasteiger partial charge in [0.15, 0.2) is 0 Å². The molecular formula is C18H16N4O3S. The summed E-state index contributed by atoms with van der Waals surface area (Å²) >= 11 is 1.26. The number of fused-ring (bicyclic) bond motifs is 1. The normalized spacial score (nSPS) is 11.0. The Hall–Kier alpha value is -3.26. The Morgan fingerprint density at radius 1 is 1.19 bits per heavy atom. The maximum absolute atomic E-state index is 12.2. The molecule has 2 aromatic carbocycles. The Morgan fingerprint density at radius 3 is 2.58 bits per heavy atom. The smallest absolute Gasteiger partial charge is 0.281 e. The van der Waals surface area contributed by atoms with Crippen molar-refractivity contribution in [2.75, 3.05) is 19.0 Å². The lowest BCUT2D eigenvalue weighted by molar-refractivity contribution is -0.384. The molecule has 1 aromatic heterocycles. The molecule has 1 N–H and O–H groups in total. The van der Waals surface area contributed by atoms with Crippen LogP contribution < -0.4 is 10.3 Å². The van der Waals surface area contributed by atoms with E-state index < -0.39 is 4.92 Å². The Balaban J connectivity index is 1.69. The first-order chi connectivity index (χ1) is 12.4. The Bertz CT molecular complexity index is 993. The zero-order valence-electron chi connectivity index (χ0n) is 14.2. The molecule has 1 heterocycles. The molecule has 0 saturated carbocycles. The van der Waals surface area contributed by atoms with E-state index in [-0.39, 0.29) is 11.6 Å². The van der Waals surface area contributed by atoms with Gasteiger partial charge < -0.3 is 4.90 Å². The van der Waals surface area contributed by atoms with Gasteiger partial charge >= 0.3 is 0 Å². The lowest BCUT2D eigenvalue weighted by atomic mass is 10.2. The van der Waals surface area contributed by atoms with Crippen molar-refractivity contribution < 1.29 is 9.72 Å². The first kappa shape index (κ1) is 17.6. The van der Waals surface area contributed by atoms with Crippen LogP contribution in [0.5, 0.6) is 0 Å². The fraction of sp³-hybridized carbons (Fsp3) is 0.111. The van der Waals surface area contributed by atoms with E-state index in [4.69, 9.17) is 0 Å². The maximum atomic E-state index is 12.2. The van der Waals surface area contributed by atoms with Crippen LogP contribution in [0.3, 0.4) is 0 Å². The number of anilines is 1. The number of hydrogen-bond acceptors (Lipinski definition) is 6. The standard InChI is InChI=1S/C18H16N4O3S/c1-21(2)14-5-3-12(4-6-14)11-19-20-18(23)17-10-13-9-15(22(24)25)7-8-16(13)26-17/h3-11H,1-2H3,(H,20,23)/b19-11-. The molecular weight excluding hydrogens is 352 g/mol. The van der Waals surface area contributed by atoms with Gasteiger partial charge in [-0.15, -0.1) is 11.3 Å². The van der Waals surface area contributed by atoms with Crippen LogP contribution >= 0.6 is 11.3 Å². The number of carbonyl (C=O) groups excluding carboxylic acids is 1. The molecule has 0 atom stereocenters. The summed E-state index contributed by atoms with van der Waals surface area (Å²) in [5.74, 6) is -0.352. The molecule has 1 amide bonds. The molecule has 0 radical (unpaired) electrons. The molecule has 0 fully saturated rings. The summed E-state index contributed by atoms with van der Waals surface area (Å²) in [4.78, 5) is 25.0. The highest BCUT2D eigenvalue weighted by atomic mass is 32.1. The summed E-state index contributed by atoms with van der Waals surface area (Å²) in [5, 5.41) is 15.5. The molecule has 7 nitrogen and oxygen atoms in total. The zero-order chi connectivity index (χ0) is 18.7. The number of rotatable bonds is 5. The molecule has 0 bridgehead atoms. The molecule has 0 aliphatic carbocycles. The third-order valence-electron chi connectivity index (χ3n) is 3.72. The van der Waals surface area contributed by atoms with E-state index in [1.807, 2.05) is 43.3 Å². The van der Waals surface area contributed by atoms with Gasteiger partial charge in [0, 0.05) is 42.0 Å². The van der Waals surface area contributed by atoms with E-state index in [9.17, 15) is 14.9 Å². The topological polar surface area (TPSA) is 87.8 Å². The number of thiophene rings is 1. The minimum atomic E-state index is -0.456. The van der Waals surface area contributed by atoms with E-state index in [0.29, 0.717) is 10.3 Å². The van der Waals surface area contributed by atoms with E-state index in [1.165, 1.54) is 23.5 Å². The first-order valence-corrected chi connectivity index (χ1v) is 8.54. The van der Waals surface area contributed by atoms with Crippen LogP contribution in [-0.4, -0.2) is 31.1 Å². The van der Waals surface area contributed by atoms with Crippen LogP contribution in [-0.2, 0) is 0 Å². The van der Waals surface area contributed by atoms with E-state index in [2.05, 4.69) is 10.5 Å². The average molecular weight is 368 g/mol. The third-order valence-corrected chi connectivity index (χ3v) is 4.84. The van der Waals surface area contributed by atoms with Gasteiger partial charge in [0.25, 0.3) is 11.6 Å². The zero-order valence-corrected chi connectivity index (χ0v) is 15.0. The van der Waals surface area contributed by atoms with Crippen LogP contribution in [0.1, 0.15) is 15.2 Å². The molecule has 0 aliphatic heterocycles. The lowest BCUT2D eigenvalue weighted by Crippen LogP contribution is -2.16. The van der Waals surface area contributed by atoms with E-state index in [1.54, 1.807) is 18.3 Å². The number of nitro groups is 1. The second-order valence-corrected chi connectivity index (χ2v) is 6.86. The minimum Gasteiger partial charge on any atom is -0.378 e. The predicted octanol–water partition coefficient (Wildman–Crippen LogP) is 3.64. The van der Waals surface area contributed by atoms with Crippen molar-refractivity contribution in [2.24, 2.45) is 5.10 Å². The molecule has 26 heavy (non-hydrogen) atoms. The lowest BCUT2D eigenvalue weighted by Gasteiger charge is -2.11. The predicted molar refractivity (Wildman–Crippen MR) is 104 cm³/mol. The molecule has 0 saturated heterocycles. The van der Waals surface area contributed by atoms with E-state index in [0.717, 1.165) is 16.0 Å². The monoisotopic (exact) mass is 368 g/mol. The van der Waals surface area contributed by atoms with Crippen molar-refractivity contribution in [3.63, 3.8) is 0 Å². The maximum Gasteiger partial charge on any atom is 0.281 e. The van der Waals surface area contributed by atoms with Crippen LogP contribution in [0.2, 0.25) is 0 Å². The summed E-state index contributed by atoms with van der Waals surface area (Å²) in [6.45, 7) is 0. The number of hydrazone groups is 1. The van der Waals surface area contributed by atoms with Crippen molar-refractivity contribution in [1.82, 2.24) is 5.43 Å². The number of amides is 1. The largest absolute Gasteiger partial charge is 0.378 e. The molecule has 3 aromatic rings. The Morgan fingerprint density at radius 2 is 1.92 bits per heavy atom. The molecule has 8 heteroatoms. The summed E-state index contributed by atoms with van der Waals surface area (Å²) in [5.41, 5.74) is 4.42. The first-order valence-electron chi connectivity index (χ1n) is 7.73. The molecule has 0 aliphatic rings. The van der Waals surface area contributed by atoms with Crippen molar-refractivity contribution >= 4 is 44.9 Å². The quantitative estimate of drug-likeness (QED) is 0.423. The van der Waals surface area contributed by atoms with Crippen molar-refractivity contribution in [3.8, 4) is 0 Å². The molecule has 0 spiro atoms. The second-order valence-electron chi connectivity index (χ2n) is 5.77. The van der Waals surface area contributed by atoms with Gasteiger partial charge in [-0.25, -0.2) is 5.43 Å². The molecule has 132 valence electrons. The number of nitrogens with zero attached hydrogens (tertiary/aromatic N) is 3. The number of nitrogens with one attached hydrogen (secondary N) is 1. The van der Waals surface area contributed by atoms with Gasteiger partial charge in [-0.1, -0.05) is 12.1 Å². The van der Waals surface area contributed by atoms with E-state index >= 15 is 0 Å². The fourth-order valence-electron chi connectivity index (χ4n) is 2.34. The molecule has 3 rings (SSSR count). The number of carbonyl (C=O) groups is 1. The number of nitro benzene ring substituents is 1. The number of hydrogen-bond donors (Lipinski definition) is 1. The van der Waals surface area contributed by atoms with Gasteiger partial charge in [0.05, 0.1) is 16.0 Å². The number of non-ortho nitro benzene ring substituents is 1. The van der Waals surface area contributed by atoms with Gasteiger partial charge in [0.1, 0.15) is 0 Å². The minimum absolute atomic E-state index is 0.00134. The highest BCUT2D eigenvalue weighted by Crippen LogP contribution is 2.28. The number of benzene rings is 2. The fourth-order valence-corrected chi connectivity index (χ4v) is 3.27. The van der Waals surface area contributed by atoms with Crippen LogP contribution in [0.25, 0.3) is 10.1 Å². The van der Waals surface area contributed by atoms with Crippen LogP contribution in [0.15, 0.2) is 53.6 Å². The second kappa shape index (κ2) is 7.32. The summed E-state index contributed by atoms with van der Waals surface area (Å²) in [7, 11) is 3.92.